The molecule has 0 fully saturated rings. The van der Waals surface area contributed by atoms with Crippen LogP contribution in [0.1, 0.15) is 0 Å². The number of benzene rings is 1. The summed E-state index contributed by atoms with van der Waals surface area (Å²) in [5.74, 6) is 0.772. The van der Waals surface area contributed by atoms with Crippen molar-refractivity contribution in [1.82, 2.24) is 14.5 Å². The van der Waals surface area contributed by atoms with E-state index in [0.717, 1.165) is 0 Å². The average Bonchev–Trinajstić information content (AvgIpc) is 2.74. The van der Waals surface area contributed by atoms with Crippen molar-refractivity contribution >= 4 is 40.3 Å². The summed E-state index contributed by atoms with van der Waals surface area (Å²) >= 11 is 12.1. The van der Waals surface area contributed by atoms with Crippen molar-refractivity contribution in [3.8, 4) is 11.6 Å². The van der Waals surface area contributed by atoms with Crippen molar-refractivity contribution in [3.63, 3.8) is 0 Å². The maximum atomic E-state index is 6.22. The number of pyridine rings is 1. The van der Waals surface area contributed by atoms with Crippen LogP contribution in [0.25, 0.3) is 16.9 Å². The third-order valence-electron chi connectivity index (χ3n) is 2.86. The highest BCUT2D eigenvalue weighted by Crippen LogP contribution is 2.30. The number of halogens is 2. The molecule has 0 unspecified atom stereocenters. The van der Waals surface area contributed by atoms with Crippen LogP contribution in [0, 0.1) is 0 Å². The quantitative estimate of drug-likeness (QED) is 0.788. The van der Waals surface area contributed by atoms with Crippen molar-refractivity contribution in [2.24, 2.45) is 0 Å². The highest BCUT2D eigenvalue weighted by Gasteiger charge is 2.14. The van der Waals surface area contributed by atoms with Gasteiger partial charge in [-0.1, -0.05) is 23.2 Å². The van der Waals surface area contributed by atoms with E-state index < -0.39 is 0 Å². The van der Waals surface area contributed by atoms with E-state index in [2.05, 4.69) is 9.97 Å². The topological polar surface area (TPSA) is 66.0 Å². The second kappa shape index (κ2) is 4.85. The number of hydrogen-bond acceptors (Lipinski definition) is 4. The largest absolute Gasteiger partial charge is 0.481 e. The van der Waals surface area contributed by atoms with Gasteiger partial charge in [0.2, 0.25) is 11.8 Å². The molecule has 0 amide bonds. The summed E-state index contributed by atoms with van der Waals surface area (Å²) in [6.07, 6.45) is 0. The highest BCUT2D eigenvalue weighted by atomic mass is 35.5. The number of aromatic nitrogens is 3. The van der Waals surface area contributed by atoms with E-state index >= 15 is 0 Å². The number of fused-ring (bicyclic) bond motifs is 1. The summed E-state index contributed by atoms with van der Waals surface area (Å²) in [6.45, 7) is 0. The molecule has 0 saturated heterocycles. The fourth-order valence-corrected chi connectivity index (χ4v) is 2.46. The summed E-state index contributed by atoms with van der Waals surface area (Å²) in [5, 5.41) is 1.01. The molecule has 0 atom stereocenters. The molecule has 0 radical (unpaired) electrons. The Balaban J connectivity index is 2.31. The third-order valence-corrected chi connectivity index (χ3v) is 3.40. The fourth-order valence-electron chi connectivity index (χ4n) is 1.97. The van der Waals surface area contributed by atoms with Crippen molar-refractivity contribution in [1.29, 1.82) is 0 Å². The second-order valence-corrected chi connectivity index (χ2v) is 4.94. The van der Waals surface area contributed by atoms with Gasteiger partial charge in [-0.25, -0.2) is 4.98 Å². The van der Waals surface area contributed by atoms with E-state index in [1.165, 1.54) is 0 Å². The van der Waals surface area contributed by atoms with Crippen LogP contribution in [-0.4, -0.2) is 21.6 Å². The Hall–Kier alpha value is -1.98. The van der Waals surface area contributed by atoms with Gasteiger partial charge in [0.15, 0.2) is 5.65 Å². The number of nitrogen functional groups attached to an aromatic ring is 1. The zero-order chi connectivity index (χ0) is 14.3. The van der Waals surface area contributed by atoms with Gasteiger partial charge in [0.25, 0.3) is 0 Å². The van der Waals surface area contributed by atoms with Crippen LogP contribution in [-0.2, 0) is 0 Å². The van der Waals surface area contributed by atoms with E-state index in [-0.39, 0.29) is 0 Å². The molecule has 102 valence electrons. The summed E-state index contributed by atoms with van der Waals surface area (Å²) in [5.41, 5.74) is 7.86. The Morgan fingerprint density at radius 3 is 2.65 bits per heavy atom. The molecule has 20 heavy (non-hydrogen) atoms. The minimum atomic E-state index is 0.296. The first-order valence-electron chi connectivity index (χ1n) is 5.74. The number of hydrogen-bond donors (Lipinski definition) is 1. The Morgan fingerprint density at radius 1 is 1.15 bits per heavy atom. The smallest absolute Gasteiger partial charge is 0.215 e. The van der Waals surface area contributed by atoms with Crippen LogP contribution in [0.5, 0.6) is 5.88 Å². The lowest BCUT2D eigenvalue weighted by atomic mass is 10.3. The molecule has 7 heteroatoms. The highest BCUT2D eigenvalue weighted by molar-refractivity contribution is 6.35. The maximum absolute atomic E-state index is 6.22. The van der Waals surface area contributed by atoms with Crippen molar-refractivity contribution in [3.05, 3.63) is 40.4 Å². The van der Waals surface area contributed by atoms with Crippen LogP contribution in [0.4, 0.5) is 5.95 Å². The molecule has 5 nitrogen and oxygen atoms in total. The van der Waals surface area contributed by atoms with Crippen molar-refractivity contribution in [2.45, 2.75) is 0 Å². The van der Waals surface area contributed by atoms with E-state index in [1.807, 2.05) is 0 Å². The van der Waals surface area contributed by atoms with Crippen LogP contribution in [0.15, 0.2) is 30.3 Å². The predicted octanol–water partition coefficient (Wildman–Crippen LogP) is 3.32. The van der Waals surface area contributed by atoms with E-state index in [0.29, 0.717) is 38.7 Å². The third kappa shape index (κ3) is 2.05. The van der Waals surface area contributed by atoms with E-state index in [9.17, 15) is 0 Å². The van der Waals surface area contributed by atoms with Crippen LogP contribution < -0.4 is 10.5 Å². The second-order valence-electron chi connectivity index (χ2n) is 4.10. The average molecular weight is 309 g/mol. The molecule has 3 aromatic rings. The van der Waals surface area contributed by atoms with E-state index in [4.69, 9.17) is 33.7 Å². The zero-order valence-electron chi connectivity index (χ0n) is 10.5. The number of rotatable bonds is 2. The van der Waals surface area contributed by atoms with E-state index in [1.54, 1.807) is 42.0 Å². The molecule has 2 aromatic heterocycles. The Bertz CT molecular complexity index is 800. The Morgan fingerprint density at radius 2 is 1.95 bits per heavy atom. The monoisotopic (exact) mass is 308 g/mol. The van der Waals surface area contributed by atoms with Gasteiger partial charge in [-0.15, -0.1) is 0 Å². The summed E-state index contributed by atoms with van der Waals surface area (Å²) in [6, 6.07) is 8.65. The molecular weight excluding hydrogens is 299 g/mol. The zero-order valence-corrected chi connectivity index (χ0v) is 12.0. The SMILES string of the molecule is COc1ccc2nc(N)n(-c3ccc(Cl)cc3Cl)c2n1. The first-order valence-corrected chi connectivity index (χ1v) is 6.50. The normalized spacial score (nSPS) is 10.9. The Kier molecular flexibility index (Phi) is 3.16. The van der Waals surface area contributed by atoms with Crippen LogP contribution in [0.2, 0.25) is 10.0 Å². The summed E-state index contributed by atoms with van der Waals surface area (Å²) in [4.78, 5) is 8.62. The van der Waals surface area contributed by atoms with Gasteiger partial charge >= 0.3 is 0 Å². The number of methoxy groups -OCH3 is 1. The maximum Gasteiger partial charge on any atom is 0.215 e. The number of anilines is 1. The number of imidazole rings is 1. The van der Waals surface area contributed by atoms with Crippen LogP contribution >= 0.6 is 23.2 Å². The lowest BCUT2D eigenvalue weighted by Gasteiger charge is -2.08. The fraction of sp³-hybridized carbons (Fsp3) is 0.0769. The first kappa shape index (κ1) is 13.0. The lowest BCUT2D eigenvalue weighted by molar-refractivity contribution is 0.399. The van der Waals surface area contributed by atoms with Gasteiger partial charge < -0.3 is 10.5 Å². The van der Waals surface area contributed by atoms with Gasteiger partial charge in [-0.2, -0.15) is 4.98 Å². The minimum absolute atomic E-state index is 0.296. The standard InChI is InChI=1S/C13H10Cl2N4O/c1-20-11-5-3-9-12(18-11)19(13(16)17-9)10-4-2-7(14)6-8(10)15/h2-6H,1H3,(H2,16,17). The van der Waals surface area contributed by atoms with Gasteiger partial charge in [0.1, 0.15) is 5.52 Å². The molecule has 0 aliphatic rings. The molecule has 0 spiro atoms. The number of nitrogens with two attached hydrogens (primary N) is 1. The minimum Gasteiger partial charge on any atom is -0.481 e. The lowest BCUT2D eigenvalue weighted by Crippen LogP contribution is -2.02. The van der Waals surface area contributed by atoms with Crippen LogP contribution in [0.3, 0.4) is 0 Å². The summed E-state index contributed by atoms with van der Waals surface area (Å²) in [7, 11) is 1.55. The first-order chi connectivity index (χ1) is 9.60. The van der Waals surface area contributed by atoms with Gasteiger partial charge in [0.05, 0.1) is 17.8 Å². The van der Waals surface area contributed by atoms with Gasteiger partial charge in [-0.05, 0) is 24.3 Å². The molecule has 0 aliphatic carbocycles. The number of ether oxygens (including phenoxy) is 1. The van der Waals surface area contributed by atoms with Gasteiger partial charge in [0, 0.05) is 11.1 Å². The molecular formula is C13H10Cl2N4O. The predicted molar refractivity (Wildman–Crippen MR) is 79.8 cm³/mol. The molecule has 0 bridgehead atoms. The molecule has 3 rings (SSSR count). The van der Waals surface area contributed by atoms with Crippen molar-refractivity contribution < 1.29 is 4.74 Å². The Labute approximate surface area is 124 Å². The molecule has 0 saturated carbocycles. The molecule has 2 heterocycles. The number of nitrogens with zero attached hydrogens (tertiary/aromatic N) is 3. The van der Waals surface area contributed by atoms with Gasteiger partial charge in [-0.3, -0.25) is 4.57 Å². The molecule has 2 N–H and O–H groups in total. The summed E-state index contributed by atoms with van der Waals surface area (Å²) < 4.78 is 6.79. The van der Waals surface area contributed by atoms with Crippen molar-refractivity contribution in [2.75, 3.05) is 12.8 Å². The molecule has 1 aromatic carbocycles. The molecule has 0 aliphatic heterocycles.